The Hall–Kier alpha value is -2.44. The maximum atomic E-state index is 13.8. The predicted octanol–water partition coefficient (Wildman–Crippen LogP) is 4.86. The summed E-state index contributed by atoms with van der Waals surface area (Å²) in [6.45, 7) is 1.86. The van der Waals surface area contributed by atoms with Crippen molar-refractivity contribution in [1.82, 2.24) is 9.78 Å². The Bertz CT molecular complexity index is 1160. The zero-order chi connectivity index (χ0) is 23.3. The topological polar surface area (TPSA) is 92.4 Å². The Labute approximate surface area is 198 Å². The molecule has 0 spiro atoms. The zero-order valence-corrected chi connectivity index (χ0v) is 19.6. The second kappa shape index (κ2) is 8.41. The molecule has 0 bridgehead atoms. The summed E-state index contributed by atoms with van der Waals surface area (Å²) < 4.78 is 1.52. The third-order valence-corrected chi connectivity index (χ3v) is 7.98. The number of benzene rings is 1. The third kappa shape index (κ3) is 3.93. The highest BCUT2D eigenvalue weighted by atomic mass is 35.5. The van der Waals surface area contributed by atoms with Gasteiger partial charge in [0, 0.05) is 12.2 Å². The molecule has 0 aliphatic heterocycles. The van der Waals surface area contributed by atoms with Gasteiger partial charge in [-0.2, -0.15) is 9.78 Å². The lowest BCUT2D eigenvalue weighted by Crippen LogP contribution is -2.29. The van der Waals surface area contributed by atoms with Gasteiger partial charge in [0.2, 0.25) is 0 Å². The number of hydrogen-bond donors (Lipinski definition) is 2. The fourth-order valence-electron chi connectivity index (χ4n) is 5.24. The average molecular weight is 469 g/mol. The molecule has 33 heavy (non-hydrogen) atoms. The Kier molecular flexibility index (Phi) is 5.69. The van der Waals surface area contributed by atoms with Gasteiger partial charge in [0.1, 0.15) is 0 Å². The van der Waals surface area contributed by atoms with Crippen LogP contribution in [0.2, 0.25) is 5.02 Å². The van der Waals surface area contributed by atoms with Gasteiger partial charge in [-0.05, 0) is 87.3 Å². The summed E-state index contributed by atoms with van der Waals surface area (Å²) in [4.78, 5) is 25.5. The largest absolute Gasteiger partial charge is 0.481 e. The number of halogens is 1. The van der Waals surface area contributed by atoms with E-state index in [4.69, 9.17) is 16.7 Å². The van der Waals surface area contributed by atoms with E-state index < -0.39 is 11.4 Å². The van der Waals surface area contributed by atoms with E-state index in [-0.39, 0.29) is 18.4 Å². The predicted molar refractivity (Wildman–Crippen MR) is 126 cm³/mol. The Morgan fingerprint density at radius 2 is 2.03 bits per heavy atom. The monoisotopic (exact) mass is 468 g/mol. The lowest BCUT2D eigenvalue weighted by atomic mass is 9.75. The van der Waals surface area contributed by atoms with Crippen LogP contribution >= 0.6 is 11.6 Å². The van der Waals surface area contributed by atoms with Crippen molar-refractivity contribution >= 4 is 29.1 Å². The molecule has 2 atom stereocenters. The molecule has 2 unspecified atom stereocenters. The smallest absolute Gasteiger partial charge is 0.309 e. The van der Waals surface area contributed by atoms with Gasteiger partial charge in [0.05, 0.1) is 27.4 Å². The number of nitrogens with zero attached hydrogens (tertiary/aromatic N) is 2. The van der Waals surface area contributed by atoms with Gasteiger partial charge in [-0.15, -0.1) is 0 Å². The van der Waals surface area contributed by atoms with Gasteiger partial charge >= 0.3 is 5.97 Å². The van der Waals surface area contributed by atoms with E-state index in [2.05, 4.69) is 0 Å². The van der Waals surface area contributed by atoms with Gasteiger partial charge < -0.3 is 10.2 Å². The van der Waals surface area contributed by atoms with Crippen LogP contribution in [0.4, 0.5) is 0 Å². The number of carboxylic acid groups (broad SMARTS) is 1. The fourth-order valence-corrected chi connectivity index (χ4v) is 5.51. The number of carboxylic acids is 1. The number of aliphatic carboxylic acids is 1. The first-order valence-corrected chi connectivity index (χ1v) is 12.2. The Morgan fingerprint density at radius 1 is 1.24 bits per heavy atom. The first-order valence-electron chi connectivity index (χ1n) is 11.8. The highest BCUT2D eigenvalue weighted by molar-refractivity contribution is 6.34. The SMILES string of the molecule is CC1(C(=O)O)CC=C(c2nn(C(=O)c3c(Cl)cccc3C3CC3)c3c2CCC(CO)C3)CC1. The van der Waals surface area contributed by atoms with Crippen molar-refractivity contribution in [1.29, 1.82) is 0 Å². The molecule has 174 valence electrons. The highest BCUT2D eigenvalue weighted by Gasteiger charge is 2.38. The molecular formula is C26H29ClN2O4. The van der Waals surface area contributed by atoms with Crippen LogP contribution in [0.25, 0.3) is 5.57 Å². The van der Waals surface area contributed by atoms with E-state index in [1.807, 2.05) is 18.2 Å². The number of fused-ring (bicyclic) bond motifs is 1. The molecule has 0 radical (unpaired) electrons. The van der Waals surface area contributed by atoms with E-state index in [0.29, 0.717) is 42.2 Å². The van der Waals surface area contributed by atoms with Crippen molar-refractivity contribution < 1.29 is 19.8 Å². The maximum Gasteiger partial charge on any atom is 0.309 e. The molecule has 3 aliphatic carbocycles. The average Bonchev–Trinajstić information content (AvgIpc) is 3.59. The number of aromatic nitrogens is 2. The van der Waals surface area contributed by atoms with Crippen molar-refractivity contribution in [2.45, 2.75) is 64.2 Å². The van der Waals surface area contributed by atoms with Crippen LogP contribution in [0.15, 0.2) is 24.3 Å². The van der Waals surface area contributed by atoms with Crippen molar-refractivity contribution in [2.24, 2.45) is 11.3 Å². The van der Waals surface area contributed by atoms with Gasteiger partial charge in [-0.3, -0.25) is 9.59 Å². The first kappa shape index (κ1) is 22.4. The standard InChI is InChI=1S/C26H29ClN2O4/c1-26(25(32)33)11-9-17(10-12-26)23-19-8-5-15(14-30)13-21(19)29(28-23)24(31)22-18(16-6-7-16)3-2-4-20(22)27/h2-4,9,15-16,30H,5-8,10-14H2,1H3,(H,32,33). The van der Waals surface area contributed by atoms with Gasteiger partial charge in [0.15, 0.2) is 0 Å². The number of rotatable bonds is 5. The van der Waals surface area contributed by atoms with Gasteiger partial charge in [-0.1, -0.05) is 29.8 Å². The molecule has 1 aromatic carbocycles. The number of carbonyl (C=O) groups excluding carboxylic acids is 1. The van der Waals surface area contributed by atoms with Crippen molar-refractivity contribution in [3.63, 3.8) is 0 Å². The van der Waals surface area contributed by atoms with Crippen molar-refractivity contribution in [2.75, 3.05) is 6.61 Å². The minimum Gasteiger partial charge on any atom is -0.481 e. The number of carbonyl (C=O) groups is 2. The molecule has 1 aromatic heterocycles. The van der Waals surface area contributed by atoms with Crippen LogP contribution in [-0.4, -0.2) is 38.5 Å². The molecule has 0 saturated heterocycles. The molecule has 3 aliphatic rings. The molecule has 1 fully saturated rings. The van der Waals surface area contributed by atoms with Crippen molar-refractivity contribution in [3.05, 3.63) is 57.4 Å². The van der Waals surface area contributed by atoms with Crippen LogP contribution in [0, 0.1) is 11.3 Å². The second-order valence-corrected chi connectivity index (χ2v) is 10.5. The van der Waals surface area contributed by atoms with Gasteiger partial charge in [-0.25, -0.2) is 0 Å². The van der Waals surface area contributed by atoms with E-state index in [0.717, 1.165) is 53.8 Å². The third-order valence-electron chi connectivity index (χ3n) is 7.67. The molecule has 1 saturated carbocycles. The highest BCUT2D eigenvalue weighted by Crippen LogP contribution is 2.44. The maximum absolute atomic E-state index is 13.8. The molecule has 6 nitrogen and oxygen atoms in total. The molecule has 7 heteroatoms. The molecule has 2 N–H and O–H groups in total. The van der Waals surface area contributed by atoms with Crippen LogP contribution < -0.4 is 0 Å². The second-order valence-electron chi connectivity index (χ2n) is 10.1. The summed E-state index contributed by atoms with van der Waals surface area (Å²) in [5, 5.41) is 24.6. The number of aliphatic hydroxyl groups excluding tert-OH is 1. The minimum atomic E-state index is -0.780. The minimum absolute atomic E-state index is 0.0766. The molecule has 0 amide bonds. The fraction of sp³-hybridized carbons (Fsp3) is 0.500. The lowest BCUT2D eigenvalue weighted by molar-refractivity contribution is -0.148. The number of hydrogen-bond acceptors (Lipinski definition) is 4. The van der Waals surface area contributed by atoms with Crippen LogP contribution in [0.5, 0.6) is 0 Å². The lowest BCUT2D eigenvalue weighted by Gasteiger charge is -2.28. The normalized spacial score (nSPS) is 24.8. The molecule has 2 aromatic rings. The van der Waals surface area contributed by atoms with E-state index >= 15 is 0 Å². The quantitative estimate of drug-likeness (QED) is 0.653. The summed E-state index contributed by atoms with van der Waals surface area (Å²) >= 11 is 6.53. The Morgan fingerprint density at radius 3 is 2.67 bits per heavy atom. The van der Waals surface area contributed by atoms with Crippen molar-refractivity contribution in [3.8, 4) is 0 Å². The Balaban J connectivity index is 1.58. The summed E-state index contributed by atoms with van der Waals surface area (Å²) in [5.41, 5.74) is 4.48. The van der Waals surface area contributed by atoms with Crippen LogP contribution in [-0.2, 0) is 17.6 Å². The van der Waals surface area contributed by atoms with Crippen LogP contribution in [0.3, 0.4) is 0 Å². The molecule has 1 heterocycles. The first-order chi connectivity index (χ1) is 15.8. The summed E-state index contributed by atoms with van der Waals surface area (Å²) in [5.74, 6) is -0.528. The van der Waals surface area contributed by atoms with E-state index in [9.17, 15) is 19.8 Å². The number of allylic oxidation sites excluding steroid dienone is 2. The summed E-state index contributed by atoms with van der Waals surface area (Å²) in [6, 6.07) is 5.63. The molecular weight excluding hydrogens is 440 g/mol. The zero-order valence-electron chi connectivity index (χ0n) is 18.8. The summed E-state index contributed by atoms with van der Waals surface area (Å²) in [7, 11) is 0. The van der Waals surface area contributed by atoms with Gasteiger partial charge in [0.25, 0.3) is 5.91 Å². The molecule has 5 rings (SSSR count). The van der Waals surface area contributed by atoms with Crippen LogP contribution in [0.1, 0.15) is 84.2 Å². The van der Waals surface area contributed by atoms with E-state index in [1.54, 1.807) is 13.0 Å². The number of aliphatic hydroxyl groups is 1. The van der Waals surface area contributed by atoms with E-state index in [1.165, 1.54) is 4.68 Å². The summed E-state index contributed by atoms with van der Waals surface area (Å²) in [6.07, 6.45) is 7.89.